The van der Waals surface area contributed by atoms with E-state index in [4.69, 9.17) is 28.2 Å². The van der Waals surface area contributed by atoms with Crippen molar-refractivity contribution >= 4 is 46.6 Å². The number of hydrogen-bond acceptors (Lipinski definition) is 1. The van der Waals surface area contributed by atoms with E-state index < -0.39 is 0 Å². The number of rotatable bonds is 6. The largest absolute Gasteiger partial charge is 0.323 e. The first-order valence-corrected chi connectivity index (χ1v) is 8.92. The Morgan fingerprint density at radius 2 is 1.79 bits per heavy atom. The Kier molecular flexibility index (Phi) is 6.97. The lowest BCUT2D eigenvalue weighted by atomic mass is 10.1. The highest BCUT2D eigenvalue weighted by molar-refractivity contribution is 6.31. The molecule has 0 aliphatic rings. The number of alkyl halides is 1. The van der Waals surface area contributed by atoms with Crippen LogP contribution in [0.25, 0.3) is 11.0 Å². The van der Waals surface area contributed by atoms with Crippen molar-refractivity contribution in [2.24, 2.45) is 0 Å². The number of unbranched alkanes of at least 4 members (excludes halogenated alkanes) is 1. The zero-order valence-corrected chi connectivity index (χ0v) is 16.0. The predicted molar refractivity (Wildman–Crippen MR) is 106 cm³/mol. The normalized spacial score (nSPS) is 10.8. The lowest BCUT2D eigenvalue weighted by molar-refractivity contribution is 0.689. The Bertz CT molecular complexity index is 811. The quantitative estimate of drug-likeness (QED) is 0.460. The van der Waals surface area contributed by atoms with Crippen LogP contribution in [-0.4, -0.2) is 9.55 Å². The molecule has 1 aromatic heterocycles. The van der Waals surface area contributed by atoms with Crippen LogP contribution in [0.15, 0.2) is 42.5 Å². The van der Waals surface area contributed by atoms with Crippen LogP contribution < -0.4 is 0 Å². The summed E-state index contributed by atoms with van der Waals surface area (Å²) in [6, 6.07) is 14.1. The molecule has 0 saturated carbocycles. The van der Waals surface area contributed by atoms with E-state index in [9.17, 15) is 0 Å². The van der Waals surface area contributed by atoms with Crippen molar-refractivity contribution in [1.29, 1.82) is 0 Å². The molecule has 0 aliphatic heterocycles. The van der Waals surface area contributed by atoms with Crippen molar-refractivity contribution in [3.05, 3.63) is 64.4 Å². The van der Waals surface area contributed by atoms with Gasteiger partial charge in [-0.15, -0.1) is 24.0 Å². The molecule has 2 nitrogen and oxygen atoms in total. The molecule has 0 amide bonds. The maximum absolute atomic E-state index is 6.36. The van der Waals surface area contributed by atoms with Gasteiger partial charge in [0, 0.05) is 17.3 Å². The summed E-state index contributed by atoms with van der Waals surface area (Å²) in [5.41, 5.74) is 4.37. The van der Waals surface area contributed by atoms with Crippen LogP contribution in [0.3, 0.4) is 0 Å². The lowest BCUT2D eigenvalue weighted by Crippen LogP contribution is -2.07. The summed E-state index contributed by atoms with van der Waals surface area (Å²) in [5.74, 6) is 1.60. The SMILES string of the molecule is CCCCc1nc2cccc(CCl)c2n1Cc1ccccc1Cl.Cl. The van der Waals surface area contributed by atoms with Gasteiger partial charge in [0.15, 0.2) is 0 Å². The first-order valence-electron chi connectivity index (χ1n) is 8.01. The van der Waals surface area contributed by atoms with E-state index >= 15 is 0 Å². The summed E-state index contributed by atoms with van der Waals surface area (Å²) in [7, 11) is 0. The van der Waals surface area contributed by atoms with Gasteiger partial charge in [0.1, 0.15) is 5.82 Å². The van der Waals surface area contributed by atoms with E-state index in [0.717, 1.165) is 58.8 Å². The average Bonchev–Trinajstić information content (AvgIpc) is 2.92. The maximum Gasteiger partial charge on any atom is 0.110 e. The molecular weight excluding hydrogens is 363 g/mol. The molecule has 0 atom stereocenters. The third kappa shape index (κ3) is 3.88. The molecule has 24 heavy (non-hydrogen) atoms. The molecule has 128 valence electrons. The molecule has 0 fully saturated rings. The minimum Gasteiger partial charge on any atom is -0.323 e. The number of nitrogens with zero attached hydrogens (tertiary/aromatic N) is 2. The summed E-state index contributed by atoms with van der Waals surface area (Å²) in [6.07, 6.45) is 3.25. The van der Waals surface area contributed by atoms with Crippen LogP contribution in [0.5, 0.6) is 0 Å². The second-order valence-electron chi connectivity index (χ2n) is 5.73. The van der Waals surface area contributed by atoms with Crippen molar-refractivity contribution in [3.63, 3.8) is 0 Å². The van der Waals surface area contributed by atoms with Crippen molar-refractivity contribution < 1.29 is 0 Å². The van der Waals surface area contributed by atoms with E-state index in [2.05, 4.69) is 29.7 Å². The van der Waals surface area contributed by atoms with Crippen LogP contribution in [0.4, 0.5) is 0 Å². The highest BCUT2D eigenvalue weighted by atomic mass is 35.5. The zero-order valence-electron chi connectivity index (χ0n) is 13.6. The van der Waals surface area contributed by atoms with Crippen LogP contribution >= 0.6 is 35.6 Å². The van der Waals surface area contributed by atoms with Gasteiger partial charge in [-0.3, -0.25) is 0 Å². The van der Waals surface area contributed by atoms with Crippen LogP contribution in [0, 0.1) is 0 Å². The monoisotopic (exact) mass is 382 g/mol. The average molecular weight is 384 g/mol. The van der Waals surface area contributed by atoms with Gasteiger partial charge in [0.2, 0.25) is 0 Å². The van der Waals surface area contributed by atoms with Crippen molar-refractivity contribution in [1.82, 2.24) is 9.55 Å². The second kappa shape index (κ2) is 8.75. The smallest absolute Gasteiger partial charge is 0.110 e. The highest BCUT2D eigenvalue weighted by Gasteiger charge is 2.14. The number of imidazole rings is 1. The fourth-order valence-corrected chi connectivity index (χ4v) is 3.32. The predicted octanol–water partition coefficient (Wildman–Crippen LogP) is 6.24. The number of hydrogen-bond donors (Lipinski definition) is 0. The molecule has 0 N–H and O–H groups in total. The second-order valence-corrected chi connectivity index (χ2v) is 6.40. The Morgan fingerprint density at radius 3 is 2.50 bits per heavy atom. The van der Waals surface area contributed by atoms with E-state index in [1.165, 1.54) is 0 Å². The summed E-state index contributed by atoms with van der Waals surface area (Å²) in [5, 5.41) is 0.791. The molecule has 2 aromatic carbocycles. The molecule has 1 heterocycles. The van der Waals surface area contributed by atoms with Gasteiger partial charge in [0.05, 0.1) is 17.6 Å². The van der Waals surface area contributed by atoms with E-state index in [0.29, 0.717) is 5.88 Å². The van der Waals surface area contributed by atoms with Gasteiger partial charge >= 0.3 is 0 Å². The number of halogens is 3. The molecule has 3 aromatic rings. The third-order valence-corrected chi connectivity index (χ3v) is 4.77. The molecule has 3 rings (SSSR count). The van der Waals surface area contributed by atoms with Gasteiger partial charge in [-0.2, -0.15) is 0 Å². The van der Waals surface area contributed by atoms with Crippen molar-refractivity contribution in [2.75, 3.05) is 0 Å². The number of aromatic nitrogens is 2. The Hall–Kier alpha value is -1.22. The fraction of sp³-hybridized carbons (Fsp3) is 0.316. The minimum atomic E-state index is 0. The molecule has 0 spiro atoms. The fourth-order valence-electron chi connectivity index (χ4n) is 2.91. The zero-order chi connectivity index (χ0) is 16.2. The van der Waals surface area contributed by atoms with Crippen LogP contribution in [-0.2, 0) is 18.8 Å². The third-order valence-electron chi connectivity index (χ3n) is 4.11. The summed E-state index contributed by atoms with van der Waals surface area (Å²) in [6.45, 7) is 2.92. The maximum atomic E-state index is 6.36. The Balaban J connectivity index is 0.00000208. The molecule has 0 radical (unpaired) electrons. The first-order chi connectivity index (χ1) is 11.2. The topological polar surface area (TPSA) is 17.8 Å². The van der Waals surface area contributed by atoms with Crippen molar-refractivity contribution in [2.45, 2.75) is 38.6 Å². The number of para-hydroxylation sites is 1. The summed E-state index contributed by atoms with van der Waals surface area (Å²) >= 11 is 12.5. The Morgan fingerprint density at radius 1 is 1.04 bits per heavy atom. The van der Waals surface area contributed by atoms with Gasteiger partial charge in [-0.05, 0) is 29.7 Å². The van der Waals surface area contributed by atoms with E-state index in [1.54, 1.807) is 0 Å². The lowest BCUT2D eigenvalue weighted by Gasteiger charge is -2.12. The van der Waals surface area contributed by atoms with Gasteiger partial charge in [-0.25, -0.2) is 4.98 Å². The highest BCUT2D eigenvalue weighted by Crippen LogP contribution is 2.26. The first kappa shape index (κ1) is 19.1. The summed E-state index contributed by atoms with van der Waals surface area (Å²) < 4.78 is 2.28. The molecule has 0 saturated heterocycles. The van der Waals surface area contributed by atoms with Gasteiger partial charge in [-0.1, -0.05) is 55.3 Å². The minimum absolute atomic E-state index is 0. The van der Waals surface area contributed by atoms with Crippen LogP contribution in [0.2, 0.25) is 5.02 Å². The molecule has 0 aliphatic carbocycles. The molecule has 0 bridgehead atoms. The van der Waals surface area contributed by atoms with E-state index in [1.807, 2.05) is 24.3 Å². The summed E-state index contributed by atoms with van der Waals surface area (Å²) in [4.78, 5) is 4.85. The van der Waals surface area contributed by atoms with Crippen molar-refractivity contribution in [3.8, 4) is 0 Å². The molecular formula is C19H21Cl3N2. The van der Waals surface area contributed by atoms with Gasteiger partial charge in [0.25, 0.3) is 0 Å². The van der Waals surface area contributed by atoms with Gasteiger partial charge < -0.3 is 4.57 Å². The Labute approximate surface area is 159 Å². The van der Waals surface area contributed by atoms with Crippen LogP contribution in [0.1, 0.15) is 36.7 Å². The standard InChI is InChI=1S/C19H20Cl2N2.ClH/c1-2-3-11-18-22-17-10-6-8-14(12-20)19(17)23(18)13-15-7-4-5-9-16(15)21;/h4-10H,2-3,11-13H2,1H3;1H. The van der Waals surface area contributed by atoms with E-state index in [-0.39, 0.29) is 12.4 Å². The molecule has 0 unspecified atom stereocenters. The number of aryl methyl sites for hydroxylation is 1. The number of fused-ring (bicyclic) bond motifs is 1. The molecule has 5 heteroatoms. The number of benzene rings is 2.